The van der Waals surface area contributed by atoms with Gasteiger partial charge in [0.15, 0.2) is 16.3 Å². The van der Waals surface area contributed by atoms with Crippen LogP contribution in [0.1, 0.15) is 31.0 Å². The van der Waals surface area contributed by atoms with Gasteiger partial charge in [0.05, 0.1) is 29.5 Å². The molecule has 1 unspecified atom stereocenters. The summed E-state index contributed by atoms with van der Waals surface area (Å²) in [6.45, 7) is 3.61. The van der Waals surface area contributed by atoms with Gasteiger partial charge in [0.1, 0.15) is 6.04 Å². The number of ether oxygens (including phenoxy) is 2. The predicted molar refractivity (Wildman–Crippen MR) is 127 cm³/mol. The average Bonchev–Trinajstić information content (AvgIpc) is 3.09. The lowest BCUT2D eigenvalue weighted by Gasteiger charge is -2.25. The number of aromatic nitrogens is 1. The summed E-state index contributed by atoms with van der Waals surface area (Å²) >= 11 is 7.65. The Morgan fingerprint density at radius 2 is 2.03 bits per heavy atom. The SMILES string of the molecule is CCOC(=O)C1=C(C)N=c2sc(=Cc3cccc(OC)c3O)c(=O)n2C1c1ccccc1Cl. The first kappa shape index (κ1) is 22.8. The van der Waals surface area contributed by atoms with Gasteiger partial charge in [-0.2, -0.15) is 0 Å². The molecule has 0 bridgehead atoms. The Balaban J connectivity index is 1.99. The number of carbonyl (C=O) groups excluding carboxylic acids is 1. The number of thiazole rings is 1. The highest BCUT2D eigenvalue weighted by atomic mass is 35.5. The summed E-state index contributed by atoms with van der Waals surface area (Å²) in [6, 6.07) is 11.3. The van der Waals surface area contributed by atoms with E-state index in [-0.39, 0.29) is 23.5 Å². The van der Waals surface area contributed by atoms with Gasteiger partial charge < -0.3 is 14.6 Å². The number of hydrogen-bond donors (Lipinski definition) is 1. The molecule has 0 spiro atoms. The Labute approximate surface area is 198 Å². The maximum Gasteiger partial charge on any atom is 0.338 e. The second kappa shape index (κ2) is 9.25. The second-order valence-corrected chi connectivity index (χ2v) is 8.64. The molecule has 9 heteroatoms. The van der Waals surface area contributed by atoms with Crippen LogP contribution < -0.4 is 19.6 Å². The molecule has 1 aromatic heterocycles. The fourth-order valence-corrected chi connectivity index (χ4v) is 5.02. The minimum absolute atomic E-state index is 0.0723. The molecule has 0 saturated heterocycles. The molecule has 1 atom stereocenters. The third-order valence-electron chi connectivity index (χ3n) is 5.25. The largest absolute Gasteiger partial charge is 0.504 e. The van der Waals surface area contributed by atoms with E-state index in [1.54, 1.807) is 62.4 Å². The number of methoxy groups -OCH3 is 1. The molecule has 7 nitrogen and oxygen atoms in total. The number of esters is 1. The molecule has 1 aliphatic rings. The van der Waals surface area contributed by atoms with Crippen molar-refractivity contribution in [2.45, 2.75) is 19.9 Å². The van der Waals surface area contributed by atoms with Crippen LogP contribution in [0.2, 0.25) is 5.02 Å². The number of benzene rings is 2. The molecule has 3 aromatic rings. The van der Waals surface area contributed by atoms with E-state index < -0.39 is 12.0 Å². The lowest BCUT2D eigenvalue weighted by molar-refractivity contribution is -0.139. The van der Waals surface area contributed by atoms with Gasteiger partial charge in [0, 0.05) is 10.6 Å². The lowest BCUT2D eigenvalue weighted by Crippen LogP contribution is -2.40. The zero-order chi connectivity index (χ0) is 23.7. The van der Waals surface area contributed by atoms with Crippen LogP contribution in [0.4, 0.5) is 0 Å². The van der Waals surface area contributed by atoms with Crippen LogP contribution in [0, 0.1) is 0 Å². The van der Waals surface area contributed by atoms with Gasteiger partial charge in [-0.05, 0) is 37.6 Å². The maximum absolute atomic E-state index is 13.6. The monoisotopic (exact) mass is 484 g/mol. The van der Waals surface area contributed by atoms with Crippen molar-refractivity contribution in [3.05, 3.63) is 89.6 Å². The number of fused-ring (bicyclic) bond motifs is 1. The van der Waals surface area contributed by atoms with Crippen LogP contribution in [0.5, 0.6) is 11.5 Å². The van der Waals surface area contributed by atoms with Gasteiger partial charge in [-0.3, -0.25) is 9.36 Å². The molecule has 2 aromatic carbocycles. The molecule has 0 saturated carbocycles. The number of phenolic OH excluding ortho intramolecular Hbond substituents is 1. The van der Waals surface area contributed by atoms with Crippen molar-refractivity contribution in [2.24, 2.45) is 4.99 Å². The standard InChI is InChI=1S/C24H21ClN2O5S/c1-4-32-23(30)19-13(2)26-24-27(20(19)15-9-5-6-10-16(15)25)22(29)18(33-24)12-14-8-7-11-17(31-3)21(14)28/h5-12,20,28H,4H2,1-3H3. The fourth-order valence-electron chi connectivity index (χ4n) is 3.74. The van der Waals surface area contributed by atoms with Crippen molar-refractivity contribution in [2.75, 3.05) is 13.7 Å². The first-order valence-corrected chi connectivity index (χ1v) is 11.4. The van der Waals surface area contributed by atoms with Crippen LogP contribution in [0.25, 0.3) is 6.08 Å². The van der Waals surface area contributed by atoms with Gasteiger partial charge in [-0.25, -0.2) is 9.79 Å². The molecule has 2 heterocycles. The molecule has 4 rings (SSSR count). The summed E-state index contributed by atoms with van der Waals surface area (Å²) in [5.74, 6) is -0.328. The Morgan fingerprint density at radius 3 is 2.73 bits per heavy atom. The van der Waals surface area contributed by atoms with Gasteiger partial charge in [0.2, 0.25) is 0 Å². The number of halogens is 1. The zero-order valence-corrected chi connectivity index (χ0v) is 19.7. The van der Waals surface area contributed by atoms with E-state index in [0.717, 1.165) is 11.3 Å². The maximum atomic E-state index is 13.6. The molecule has 0 fully saturated rings. The number of carbonyl (C=O) groups is 1. The van der Waals surface area contributed by atoms with E-state index in [1.807, 2.05) is 0 Å². The van der Waals surface area contributed by atoms with Crippen molar-refractivity contribution in [3.63, 3.8) is 0 Å². The van der Waals surface area contributed by atoms with Crippen LogP contribution in [-0.4, -0.2) is 29.4 Å². The topological polar surface area (TPSA) is 90.1 Å². The molecular formula is C24H21ClN2O5S. The van der Waals surface area contributed by atoms with Crippen LogP contribution in [-0.2, 0) is 9.53 Å². The van der Waals surface area contributed by atoms with Gasteiger partial charge in [-0.1, -0.05) is 53.3 Å². The summed E-state index contributed by atoms with van der Waals surface area (Å²) in [6.07, 6.45) is 1.58. The molecule has 1 aliphatic heterocycles. The van der Waals surface area contributed by atoms with E-state index in [2.05, 4.69) is 4.99 Å². The molecule has 170 valence electrons. The number of aromatic hydroxyl groups is 1. The summed E-state index contributed by atoms with van der Waals surface area (Å²) in [7, 11) is 1.45. The van der Waals surface area contributed by atoms with Crippen molar-refractivity contribution in [3.8, 4) is 11.5 Å². The minimum Gasteiger partial charge on any atom is -0.504 e. The Hall–Kier alpha value is -3.36. The molecular weight excluding hydrogens is 464 g/mol. The number of nitrogens with zero attached hydrogens (tertiary/aromatic N) is 2. The number of rotatable bonds is 5. The van der Waals surface area contributed by atoms with Crippen molar-refractivity contribution in [1.82, 2.24) is 4.57 Å². The fraction of sp³-hybridized carbons (Fsp3) is 0.208. The second-order valence-electron chi connectivity index (χ2n) is 7.22. The Kier molecular flexibility index (Phi) is 6.40. The van der Waals surface area contributed by atoms with Crippen molar-refractivity contribution < 1.29 is 19.4 Å². The first-order valence-electron chi connectivity index (χ1n) is 10.2. The highest BCUT2D eigenvalue weighted by Crippen LogP contribution is 2.34. The molecule has 0 radical (unpaired) electrons. The van der Waals surface area contributed by atoms with Crippen molar-refractivity contribution in [1.29, 1.82) is 0 Å². The summed E-state index contributed by atoms with van der Waals surface area (Å²) in [5, 5.41) is 10.9. The normalized spacial score (nSPS) is 15.8. The van der Waals surface area contributed by atoms with E-state index in [4.69, 9.17) is 21.1 Å². The van der Waals surface area contributed by atoms with Gasteiger partial charge in [0.25, 0.3) is 5.56 Å². The Bertz CT molecular complexity index is 1450. The third-order valence-corrected chi connectivity index (χ3v) is 6.58. The minimum atomic E-state index is -0.796. The molecule has 33 heavy (non-hydrogen) atoms. The summed E-state index contributed by atoms with van der Waals surface area (Å²) in [5.41, 5.74) is 1.37. The smallest absolute Gasteiger partial charge is 0.338 e. The molecule has 0 aliphatic carbocycles. The number of phenols is 1. The summed E-state index contributed by atoms with van der Waals surface area (Å²) < 4.78 is 12.2. The van der Waals surface area contributed by atoms with Gasteiger partial charge in [-0.15, -0.1) is 0 Å². The Morgan fingerprint density at radius 1 is 1.27 bits per heavy atom. The summed E-state index contributed by atoms with van der Waals surface area (Å²) in [4.78, 5) is 31.4. The zero-order valence-electron chi connectivity index (χ0n) is 18.2. The quantitative estimate of drug-likeness (QED) is 0.562. The van der Waals surface area contributed by atoms with E-state index in [0.29, 0.717) is 36.9 Å². The lowest BCUT2D eigenvalue weighted by atomic mass is 9.96. The third kappa shape index (κ3) is 4.07. The predicted octanol–water partition coefficient (Wildman–Crippen LogP) is 3.17. The molecule has 0 amide bonds. The van der Waals surface area contributed by atoms with E-state index >= 15 is 0 Å². The highest BCUT2D eigenvalue weighted by molar-refractivity contribution is 7.07. The van der Waals surface area contributed by atoms with Gasteiger partial charge >= 0.3 is 5.97 Å². The van der Waals surface area contributed by atoms with Crippen LogP contribution >= 0.6 is 22.9 Å². The average molecular weight is 485 g/mol. The number of allylic oxidation sites excluding steroid dienone is 1. The molecule has 1 N–H and O–H groups in total. The highest BCUT2D eigenvalue weighted by Gasteiger charge is 2.34. The van der Waals surface area contributed by atoms with E-state index in [1.165, 1.54) is 11.7 Å². The van der Waals surface area contributed by atoms with E-state index in [9.17, 15) is 14.7 Å². The van der Waals surface area contributed by atoms with Crippen molar-refractivity contribution >= 4 is 35.0 Å². The number of para-hydroxylation sites is 1. The first-order chi connectivity index (χ1) is 15.9. The van der Waals surface area contributed by atoms with Crippen LogP contribution in [0.3, 0.4) is 0 Å². The van der Waals surface area contributed by atoms with Crippen LogP contribution in [0.15, 0.2) is 63.5 Å². The number of hydrogen-bond acceptors (Lipinski definition) is 7.